The van der Waals surface area contributed by atoms with E-state index in [0.29, 0.717) is 0 Å². The Balaban J connectivity index is 1.47. The second kappa shape index (κ2) is 11.4. The fourth-order valence-corrected chi connectivity index (χ4v) is 8.69. The molecular weight excluding hydrogens is 667 g/mol. The molecule has 6 rings (SSSR count). The van der Waals surface area contributed by atoms with Crippen LogP contribution in [0.5, 0.6) is 0 Å². The van der Waals surface area contributed by atoms with Gasteiger partial charge in [0, 0.05) is 22.3 Å². The zero-order valence-corrected chi connectivity index (χ0v) is 26.1. The summed E-state index contributed by atoms with van der Waals surface area (Å²) in [6.45, 7) is 0. The molecule has 4 aromatic carbocycles. The SMILES string of the molecule is [H]/N=N/C1=CC(S(=O)(=O)O)C(N)(c2ccc(-c3ccc(C4(N)c5ccccc5C(/N=N/[H])=CC4S(=O)(=O)O)c(F)c3)cc2F)c2ccccc21. The third-order valence-electron chi connectivity index (χ3n) is 8.83. The van der Waals surface area contributed by atoms with Gasteiger partial charge in [0.05, 0.1) is 22.5 Å². The molecule has 0 saturated heterocycles. The van der Waals surface area contributed by atoms with Gasteiger partial charge in [0.15, 0.2) is 0 Å². The van der Waals surface area contributed by atoms with Crippen LogP contribution in [0.1, 0.15) is 33.4 Å². The Morgan fingerprint density at radius 2 is 1.02 bits per heavy atom. The second-order valence-corrected chi connectivity index (χ2v) is 14.5. The van der Waals surface area contributed by atoms with E-state index in [4.69, 9.17) is 14.3 Å². The third-order valence-corrected chi connectivity index (χ3v) is 11.1. The fourth-order valence-electron chi connectivity index (χ4n) is 6.64. The number of fused-ring (bicyclic) bond motifs is 2. The van der Waals surface area contributed by atoms with Crippen LogP contribution in [0.4, 0.5) is 8.78 Å². The van der Waals surface area contributed by atoms with Crippen molar-refractivity contribution in [2.75, 3.05) is 0 Å². The van der Waals surface area contributed by atoms with Crippen LogP contribution in [-0.2, 0) is 31.3 Å². The van der Waals surface area contributed by atoms with Crippen LogP contribution in [0.2, 0.25) is 2.82 Å². The summed E-state index contributed by atoms with van der Waals surface area (Å²) in [5.74, 6) is -2.03. The minimum absolute atomic E-state index is 0.0744. The Bertz CT molecular complexity index is 2240. The summed E-state index contributed by atoms with van der Waals surface area (Å²) >= 11 is 0. The van der Waals surface area contributed by atoms with Gasteiger partial charge in [0.2, 0.25) is 2.82 Å². The Kier molecular flexibility index (Phi) is 7.24. The molecule has 246 valence electrons. The molecule has 0 saturated carbocycles. The lowest BCUT2D eigenvalue weighted by Gasteiger charge is -2.40. The first-order valence-electron chi connectivity index (χ1n) is 14.9. The van der Waals surface area contributed by atoms with Gasteiger partial charge in [0.25, 0.3) is 20.2 Å². The van der Waals surface area contributed by atoms with Gasteiger partial charge in [-0.25, -0.2) is 19.8 Å². The summed E-state index contributed by atoms with van der Waals surface area (Å²) in [5.41, 5.74) is 15.0. The van der Waals surface area contributed by atoms with Crippen molar-refractivity contribution in [1.82, 2.24) is 0 Å². The highest BCUT2D eigenvalue weighted by atomic mass is 32.2. The predicted molar refractivity (Wildman–Crippen MR) is 172 cm³/mol. The highest BCUT2D eigenvalue weighted by Crippen LogP contribution is 2.46. The van der Waals surface area contributed by atoms with E-state index in [1.165, 1.54) is 60.7 Å². The maximum Gasteiger partial charge on any atom is 0.274 e. The predicted octanol–water partition coefficient (Wildman–Crippen LogP) is 5.32. The normalized spacial score (nSPS) is 24.8. The van der Waals surface area contributed by atoms with Crippen LogP contribution in [0.25, 0.3) is 22.5 Å². The Labute approximate surface area is 276 Å². The van der Waals surface area contributed by atoms with Gasteiger partial charge in [-0.05, 0) is 46.5 Å². The van der Waals surface area contributed by atoms with E-state index >= 15 is 8.78 Å². The van der Waals surface area contributed by atoms with Crippen molar-refractivity contribution in [1.29, 1.82) is 11.0 Å². The molecule has 0 heterocycles. The molecule has 4 unspecified atom stereocenters. The third kappa shape index (κ3) is 5.01. The molecule has 8 N–H and O–H groups in total. The van der Waals surface area contributed by atoms with E-state index in [2.05, 4.69) is 21.3 Å². The van der Waals surface area contributed by atoms with E-state index in [9.17, 15) is 25.9 Å². The molecular formula is C32H26F2N6O6S2. The zero-order valence-electron chi connectivity index (χ0n) is 26.4. The molecule has 0 aromatic heterocycles. The molecule has 0 fully saturated rings. The van der Waals surface area contributed by atoms with Crippen molar-refractivity contribution >= 4 is 31.6 Å². The van der Waals surface area contributed by atoms with E-state index in [1.54, 1.807) is 12.1 Å². The minimum atomic E-state index is -5.00. The van der Waals surface area contributed by atoms with E-state index < -0.39 is 53.4 Å². The van der Waals surface area contributed by atoms with Gasteiger partial charge in [-0.1, -0.05) is 72.8 Å². The first kappa shape index (κ1) is 30.5. The minimum Gasteiger partial charge on any atom is -0.316 e. The quantitative estimate of drug-likeness (QED) is 0.109. The molecule has 12 nitrogen and oxygen atoms in total. The van der Waals surface area contributed by atoms with Crippen molar-refractivity contribution in [3.05, 3.63) is 142 Å². The van der Waals surface area contributed by atoms with Crippen molar-refractivity contribution in [2.45, 2.75) is 21.6 Å². The number of nitrogens with two attached hydrogens (primary N) is 2. The Morgan fingerprint density at radius 3 is 1.35 bits per heavy atom. The topological polar surface area (TPSA) is 233 Å². The molecule has 0 aliphatic heterocycles. The standard InChI is InChI=1S/C32H26F2N6O6S2/c33-25-13-17(9-11-23(25)31(35)21-7-3-1-5-19(21)27(39-37)15-29(31)47(41,42)43)18-10-12-24(26(34)14-18)32(36)22-8-4-2-6-20(22)28(40-38)16-30(32)48(44,45)46/h1-16,29-30,37-38H,35-36H2,(H,41,42,43)(H,44,45,46)/b39-37+,40-38+. The van der Waals surface area contributed by atoms with Crippen LogP contribution in [0.3, 0.4) is 0 Å². The second-order valence-electron chi connectivity index (χ2n) is 11.4. The van der Waals surface area contributed by atoms with E-state index in [-0.39, 0.29) is 55.9 Å². The average Bonchev–Trinajstić information content (AvgIpc) is 3.06. The molecule has 0 amide bonds. The number of rotatable bonds is 7. The molecule has 2 aliphatic carbocycles. The van der Waals surface area contributed by atoms with Gasteiger partial charge in [-0.2, -0.15) is 27.1 Å². The Morgan fingerprint density at radius 1 is 0.646 bits per heavy atom. The van der Waals surface area contributed by atoms with E-state index in [1.807, 2.05) is 0 Å². The molecule has 0 bridgehead atoms. The highest BCUT2D eigenvalue weighted by Gasteiger charge is 2.51. The maximum atomic E-state index is 16.2. The summed E-state index contributed by atoms with van der Waals surface area (Å²) in [5, 5.41) is 3.38. The monoisotopic (exact) mass is 692 g/mol. The molecule has 0 spiro atoms. The zero-order chi connectivity index (χ0) is 36.2. The highest BCUT2D eigenvalue weighted by molar-refractivity contribution is 7.87. The van der Waals surface area contributed by atoms with Crippen molar-refractivity contribution in [3.8, 4) is 11.1 Å². The van der Waals surface area contributed by atoms with Gasteiger partial charge >= 0.3 is 0 Å². The molecule has 16 heteroatoms. The molecule has 2 aliphatic rings. The Hall–Kier alpha value is -4.84. The number of hydrogen-bond donors (Lipinski definition) is 6. The summed E-state index contributed by atoms with van der Waals surface area (Å²) in [6, 6.07) is 19.2. The molecule has 4 aromatic rings. The molecule has 0 radical (unpaired) electrons. The van der Waals surface area contributed by atoms with Gasteiger partial charge < -0.3 is 11.5 Å². The molecule has 4 atom stereocenters. The average molecular weight is 693 g/mol. The van der Waals surface area contributed by atoms with Crippen LogP contribution in [0.15, 0.2) is 107 Å². The maximum absolute atomic E-state index is 16.2. The smallest absolute Gasteiger partial charge is 0.274 e. The van der Waals surface area contributed by atoms with Crippen molar-refractivity contribution < 1.29 is 37.5 Å². The van der Waals surface area contributed by atoms with Crippen molar-refractivity contribution in [3.63, 3.8) is 0 Å². The lowest BCUT2D eigenvalue weighted by Crippen LogP contribution is -2.54. The van der Waals surface area contributed by atoms with E-state index in [0.717, 1.165) is 24.3 Å². The van der Waals surface area contributed by atoms with Crippen molar-refractivity contribution in [2.24, 2.45) is 21.7 Å². The summed E-state index contributed by atoms with van der Waals surface area (Å²) in [6.07, 6.45) is 1.97. The number of halogens is 2. The van der Waals surface area contributed by atoms with Crippen LogP contribution >= 0.6 is 0 Å². The summed E-state index contributed by atoms with van der Waals surface area (Å²) in [7, 11) is -10.0. The number of benzene rings is 4. The first-order chi connectivity index (χ1) is 23.6. The lowest BCUT2D eigenvalue weighted by molar-refractivity contribution is 0.426. The number of nitrogens with one attached hydrogen (secondary N) is 2. The van der Waals surface area contributed by atoms with Crippen LogP contribution in [-0.4, -0.2) is 36.4 Å². The largest absolute Gasteiger partial charge is 0.316 e. The summed E-state index contributed by atoms with van der Waals surface area (Å²) in [4.78, 5) is 0. The molecule has 48 heavy (non-hydrogen) atoms. The number of nitrogens with zero attached hydrogens (tertiary/aromatic N) is 2. The van der Waals surface area contributed by atoms with Gasteiger partial charge in [-0.3, -0.25) is 9.11 Å². The fraction of sp³-hybridized carbons (Fsp3) is 0.125. The van der Waals surface area contributed by atoms with Crippen LogP contribution < -0.4 is 11.5 Å². The van der Waals surface area contributed by atoms with Crippen LogP contribution in [0, 0.1) is 22.7 Å². The summed E-state index contributed by atoms with van der Waals surface area (Å²) < 4.78 is 118. The number of hydrogen-bond acceptors (Lipinski definition) is 10. The van der Waals surface area contributed by atoms with Gasteiger partial charge in [-0.15, -0.1) is 0 Å². The first-order valence-corrected chi connectivity index (χ1v) is 17.0. The van der Waals surface area contributed by atoms with Gasteiger partial charge in [0.1, 0.15) is 22.1 Å². The lowest BCUT2D eigenvalue weighted by atomic mass is 9.73.